The van der Waals surface area contributed by atoms with Gasteiger partial charge < -0.3 is 5.11 Å². The molecule has 0 unspecified atom stereocenters. The lowest BCUT2D eigenvalue weighted by Crippen LogP contribution is -1.93. The van der Waals surface area contributed by atoms with Crippen molar-refractivity contribution in [1.82, 2.24) is 0 Å². The molecule has 0 spiro atoms. The highest BCUT2D eigenvalue weighted by molar-refractivity contribution is 6.32. The molecule has 18 heavy (non-hydrogen) atoms. The molecule has 0 atom stereocenters. The van der Waals surface area contributed by atoms with E-state index in [9.17, 15) is 9.90 Å². The normalized spacial score (nSPS) is 10.7. The van der Waals surface area contributed by atoms with Crippen LogP contribution < -0.4 is 0 Å². The third-order valence-corrected chi connectivity index (χ3v) is 2.79. The van der Waals surface area contributed by atoms with E-state index in [1.807, 2.05) is 18.2 Å². The molecule has 2 aromatic carbocycles. The third-order valence-electron chi connectivity index (χ3n) is 2.45. The van der Waals surface area contributed by atoms with E-state index in [1.165, 1.54) is 18.2 Å². The molecule has 0 aromatic heterocycles. The maximum Gasteiger partial charge on any atom is 0.185 e. The van der Waals surface area contributed by atoms with Crippen LogP contribution in [0.2, 0.25) is 5.02 Å². The molecule has 3 heteroatoms. The van der Waals surface area contributed by atoms with Crippen molar-refractivity contribution >= 4 is 23.5 Å². The summed E-state index contributed by atoms with van der Waals surface area (Å²) in [6.07, 6.45) is 3.10. The molecule has 0 saturated carbocycles. The Kier molecular flexibility index (Phi) is 3.80. The van der Waals surface area contributed by atoms with Gasteiger partial charge in [0.15, 0.2) is 5.78 Å². The fraction of sp³-hybridized carbons (Fsp3) is 0. The summed E-state index contributed by atoms with van der Waals surface area (Å²) in [6, 6.07) is 13.5. The molecule has 0 bridgehead atoms. The van der Waals surface area contributed by atoms with Crippen LogP contribution in [-0.4, -0.2) is 10.9 Å². The predicted molar refractivity (Wildman–Crippen MR) is 72.9 cm³/mol. The number of ketones is 1. The Hall–Kier alpha value is -2.06. The van der Waals surface area contributed by atoms with Gasteiger partial charge >= 0.3 is 0 Å². The van der Waals surface area contributed by atoms with E-state index < -0.39 is 0 Å². The number of hydrogen-bond donors (Lipinski definition) is 1. The Balaban J connectivity index is 2.20. The summed E-state index contributed by atoms with van der Waals surface area (Å²) in [6.45, 7) is 0. The number of phenolic OH excluding ortho intramolecular Hbond substituents is 1. The van der Waals surface area contributed by atoms with Gasteiger partial charge in [0.2, 0.25) is 0 Å². The summed E-state index contributed by atoms with van der Waals surface area (Å²) in [5.74, 6) is -0.0992. The van der Waals surface area contributed by atoms with Crippen molar-refractivity contribution in [3.8, 4) is 5.75 Å². The second-order valence-corrected chi connectivity index (χ2v) is 4.18. The number of halogens is 1. The molecule has 1 N–H and O–H groups in total. The second kappa shape index (κ2) is 5.52. The Morgan fingerprint density at radius 1 is 1.11 bits per heavy atom. The Morgan fingerprint density at radius 3 is 2.61 bits per heavy atom. The fourth-order valence-electron chi connectivity index (χ4n) is 1.53. The van der Waals surface area contributed by atoms with Gasteiger partial charge in [0.25, 0.3) is 0 Å². The van der Waals surface area contributed by atoms with E-state index >= 15 is 0 Å². The average Bonchev–Trinajstić information content (AvgIpc) is 2.37. The molecule has 0 aliphatic rings. The molecular weight excluding hydrogens is 248 g/mol. The number of benzene rings is 2. The maximum absolute atomic E-state index is 11.8. The van der Waals surface area contributed by atoms with Crippen LogP contribution in [-0.2, 0) is 0 Å². The monoisotopic (exact) mass is 258 g/mol. The van der Waals surface area contributed by atoms with Crippen molar-refractivity contribution in [1.29, 1.82) is 0 Å². The van der Waals surface area contributed by atoms with Crippen LogP contribution in [0.4, 0.5) is 0 Å². The van der Waals surface area contributed by atoms with E-state index in [4.69, 9.17) is 11.6 Å². The second-order valence-electron chi connectivity index (χ2n) is 3.77. The molecule has 0 fully saturated rings. The van der Waals surface area contributed by atoms with Crippen LogP contribution in [0.3, 0.4) is 0 Å². The topological polar surface area (TPSA) is 37.3 Å². The Labute approximate surface area is 110 Å². The van der Waals surface area contributed by atoms with Crippen molar-refractivity contribution in [2.75, 3.05) is 0 Å². The number of carbonyl (C=O) groups is 1. The minimum Gasteiger partial charge on any atom is -0.508 e. The van der Waals surface area contributed by atoms with Crippen LogP contribution in [0.5, 0.6) is 5.75 Å². The van der Waals surface area contributed by atoms with Crippen LogP contribution in [0, 0.1) is 0 Å². The van der Waals surface area contributed by atoms with Crippen molar-refractivity contribution in [2.24, 2.45) is 0 Å². The number of carbonyl (C=O) groups excluding carboxylic acids is 1. The molecule has 0 heterocycles. The molecule has 90 valence electrons. The molecule has 0 radical (unpaired) electrons. The summed E-state index contributed by atoms with van der Waals surface area (Å²) in [7, 11) is 0. The molecule has 0 amide bonds. The first-order chi connectivity index (χ1) is 8.66. The van der Waals surface area contributed by atoms with Crippen LogP contribution in [0.1, 0.15) is 15.9 Å². The van der Waals surface area contributed by atoms with E-state index in [0.29, 0.717) is 10.6 Å². The van der Waals surface area contributed by atoms with Gasteiger partial charge in [-0.15, -0.1) is 0 Å². The summed E-state index contributed by atoms with van der Waals surface area (Å²) >= 11 is 5.98. The number of aromatic hydroxyl groups is 1. The lowest BCUT2D eigenvalue weighted by Gasteiger charge is -1.98. The molecule has 2 aromatic rings. The number of rotatable bonds is 3. The van der Waals surface area contributed by atoms with Gasteiger partial charge in [0.1, 0.15) is 5.75 Å². The molecule has 2 nitrogen and oxygen atoms in total. The molecule has 2 rings (SSSR count). The van der Waals surface area contributed by atoms with E-state index in [1.54, 1.807) is 24.3 Å². The molecule has 0 saturated heterocycles. The fourth-order valence-corrected chi connectivity index (χ4v) is 1.73. The molecule has 0 aliphatic carbocycles. The van der Waals surface area contributed by atoms with Gasteiger partial charge in [-0.3, -0.25) is 4.79 Å². The lowest BCUT2D eigenvalue weighted by molar-refractivity contribution is 0.104. The Morgan fingerprint density at radius 2 is 1.89 bits per heavy atom. The minimum absolute atomic E-state index is 0.0759. The van der Waals surface area contributed by atoms with Gasteiger partial charge in [-0.2, -0.15) is 0 Å². The Bertz CT molecular complexity index is 603. The zero-order chi connectivity index (χ0) is 13.0. The average molecular weight is 259 g/mol. The minimum atomic E-state index is -0.175. The van der Waals surface area contributed by atoms with Gasteiger partial charge in [-0.1, -0.05) is 41.9 Å². The van der Waals surface area contributed by atoms with Gasteiger partial charge in [0, 0.05) is 10.6 Å². The van der Waals surface area contributed by atoms with Gasteiger partial charge in [0.05, 0.1) is 0 Å². The summed E-state index contributed by atoms with van der Waals surface area (Å²) < 4.78 is 0. The standard InChI is InChI=1S/C15H11ClO2/c16-14-7-2-1-4-11(14)8-9-15(18)12-5-3-6-13(17)10-12/h1-10,17H/b9-8+. The van der Waals surface area contributed by atoms with Gasteiger partial charge in [-0.25, -0.2) is 0 Å². The summed E-state index contributed by atoms with van der Waals surface area (Å²) in [5.41, 5.74) is 1.23. The summed E-state index contributed by atoms with van der Waals surface area (Å²) in [4.78, 5) is 11.8. The van der Waals surface area contributed by atoms with Crippen LogP contribution in [0.25, 0.3) is 6.08 Å². The van der Waals surface area contributed by atoms with Crippen molar-refractivity contribution in [3.05, 3.63) is 70.8 Å². The number of phenols is 1. The van der Waals surface area contributed by atoms with Crippen molar-refractivity contribution in [2.45, 2.75) is 0 Å². The first kappa shape index (κ1) is 12.4. The highest BCUT2D eigenvalue weighted by atomic mass is 35.5. The zero-order valence-corrected chi connectivity index (χ0v) is 10.3. The molecular formula is C15H11ClO2. The van der Waals surface area contributed by atoms with Crippen LogP contribution >= 0.6 is 11.6 Å². The smallest absolute Gasteiger partial charge is 0.185 e. The molecule has 0 aliphatic heterocycles. The van der Waals surface area contributed by atoms with E-state index in [2.05, 4.69) is 0 Å². The third kappa shape index (κ3) is 2.99. The predicted octanol–water partition coefficient (Wildman–Crippen LogP) is 3.94. The largest absolute Gasteiger partial charge is 0.508 e. The number of hydrogen-bond acceptors (Lipinski definition) is 2. The first-order valence-electron chi connectivity index (χ1n) is 5.43. The lowest BCUT2D eigenvalue weighted by atomic mass is 10.1. The first-order valence-corrected chi connectivity index (χ1v) is 5.80. The van der Waals surface area contributed by atoms with Gasteiger partial charge in [-0.05, 0) is 35.9 Å². The van der Waals surface area contributed by atoms with Crippen molar-refractivity contribution < 1.29 is 9.90 Å². The maximum atomic E-state index is 11.8. The highest BCUT2D eigenvalue weighted by Crippen LogP contribution is 2.17. The van der Waals surface area contributed by atoms with Crippen LogP contribution in [0.15, 0.2) is 54.6 Å². The SMILES string of the molecule is O=C(/C=C/c1ccccc1Cl)c1cccc(O)c1. The number of allylic oxidation sites excluding steroid dienone is 1. The van der Waals surface area contributed by atoms with E-state index in [0.717, 1.165) is 5.56 Å². The quantitative estimate of drug-likeness (QED) is 0.669. The zero-order valence-electron chi connectivity index (χ0n) is 9.51. The van der Waals surface area contributed by atoms with Crippen molar-refractivity contribution in [3.63, 3.8) is 0 Å². The highest BCUT2D eigenvalue weighted by Gasteiger charge is 2.02. The van der Waals surface area contributed by atoms with E-state index in [-0.39, 0.29) is 11.5 Å². The summed E-state index contributed by atoms with van der Waals surface area (Å²) in [5, 5.41) is 9.89.